The molecule has 2 aromatic heterocycles. The van der Waals surface area contributed by atoms with Gasteiger partial charge >= 0.3 is 0 Å². The van der Waals surface area contributed by atoms with E-state index in [0.717, 1.165) is 4.47 Å². The van der Waals surface area contributed by atoms with E-state index in [0.29, 0.717) is 24.4 Å². The number of aliphatic hydroxyl groups excluding tert-OH is 1. The highest BCUT2D eigenvalue weighted by atomic mass is 79.9. The Labute approximate surface area is 113 Å². The van der Waals surface area contributed by atoms with E-state index < -0.39 is 6.10 Å². The van der Waals surface area contributed by atoms with Crippen molar-refractivity contribution in [2.75, 3.05) is 13.7 Å². The van der Waals surface area contributed by atoms with Crippen LogP contribution in [0.5, 0.6) is 0 Å². The molecule has 0 bridgehead atoms. The van der Waals surface area contributed by atoms with Crippen LogP contribution in [-0.2, 0) is 11.3 Å². The first-order chi connectivity index (χ1) is 8.74. The Bertz CT molecular complexity index is 503. The van der Waals surface area contributed by atoms with Gasteiger partial charge in [-0.2, -0.15) is 15.3 Å². The van der Waals surface area contributed by atoms with Crippen molar-refractivity contribution in [3.8, 4) is 0 Å². The first-order valence-electron chi connectivity index (χ1n) is 5.39. The SMILES string of the molecule is COCCn1ncc(Br)c1C(O)c1ccnnc1. The van der Waals surface area contributed by atoms with Gasteiger partial charge in [-0.3, -0.25) is 4.68 Å². The highest BCUT2D eigenvalue weighted by molar-refractivity contribution is 9.10. The van der Waals surface area contributed by atoms with Gasteiger partial charge in [0.05, 0.1) is 35.7 Å². The van der Waals surface area contributed by atoms with Gasteiger partial charge in [0.25, 0.3) is 0 Å². The third-order valence-corrected chi connectivity index (χ3v) is 3.13. The Hall–Kier alpha value is -1.31. The minimum absolute atomic E-state index is 0.530. The monoisotopic (exact) mass is 312 g/mol. The summed E-state index contributed by atoms with van der Waals surface area (Å²) < 4.78 is 7.48. The lowest BCUT2D eigenvalue weighted by molar-refractivity contribution is 0.171. The number of halogens is 1. The summed E-state index contributed by atoms with van der Waals surface area (Å²) >= 11 is 3.39. The second kappa shape index (κ2) is 6.03. The summed E-state index contributed by atoms with van der Waals surface area (Å²) in [6.07, 6.45) is 3.94. The van der Waals surface area contributed by atoms with E-state index >= 15 is 0 Å². The van der Waals surface area contributed by atoms with Crippen molar-refractivity contribution in [2.45, 2.75) is 12.6 Å². The number of ether oxygens (including phenoxy) is 1. The molecule has 0 amide bonds. The molecule has 0 radical (unpaired) electrons. The zero-order valence-electron chi connectivity index (χ0n) is 9.82. The average Bonchev–Trinajstić information content (AvgIpc) is 2.77. The lowest BCUT2D eigenvalue weighted by Gasteiger charge is -2.13. The predicted octanol–water partition coefficient (Wildman–Crippen LogP) is 1.16. The fourth-order valence-corrected chi connectivity index (χ4v) is 2.13. The minimum atomic E-state index is -0.797. The van der Waals surface area contributed by atoms with E-state index in [-0.39, 0.29) is 0 Å². The highest BCUT2D eigenvalue weighted by Crippen LogP contribution is 2.27. The van der Waals surface area contributed by atoms with Crippen LogP contribution in [0, 0.1) is 0 Å². The summed E-state index contributed by atoms with van der Waals surface area (Å²) in [5.74, 6) is 0. The average molecular weight is 313 g/mol. The van der Waals surface area contributed by atoms with Crippen molar-refractivity contribution in [3.05, 3.63) is 40.4 Å². The molecule has 1 unspecified atom stereocenters. The molecular weight excluding hydrogens is 300 g/mol. The molecule has 18 heavy (non-hydrogen) atoms. The maximum Gasteiger partial charge on any atom is 0.123 e. The van der Waals surface area contributed by atoms with Crippen LogP contribution in [0.1, 0.15) is 17.4 Å². The van der Waals surface area contributed by atoms with Gasteiger partial charge in [-0.15, -0.1) is 0 Å². The molecule has 0 aliphatic rings. The molecule has 0 aliphatic heterocycles. The van der Waals surface area contributed by atoms with Crippen LogP contribution < -0.4 is 0 Å². The Morgan fingerprint density at radius 1 is 1.44 bits per heavy atom. The fraction of sp³-hybridized carbons (Fsp3) is 0.364. The zero-order chi connectivity index (χ0) is 13.0. The van der Waals surface area contributed by atoms with E-state index in [1.165, 1.54) is 6.20 Å². The van der Waals surface area contributed by atoms with Crippen molar-refractivity contribution >= 4 is 15.9 Å². The molecule has 1 atom stereocenters. The molecule has 6 nitrogen and oxygen atoms in total. The van der Waals surface area contributed by atoms with Gasteiger partial charge < -0.3 is 9.84 Å². The lowest BCUT2D eigenvalue weighted by Crippen LogP contribution is -2.13. The summed E-state index contributed by atoms with van der Waals surface area (Å²) in [7, 11) is 1.63. The number of aromatic nitrogens is 4. The molecule has 2 aromatic rings. The third-order valence-electron chi connectivity index (χ3n) is 2.52. The Morgan fingerprint density at radius 3 is 2.94 bits per heavy atom. The molecule has 0 fully saturated rings. The summed E-state index contributed by atoms with van der Waals surface area (Å²) in [6.45, 7) is 1.11. The maximum atomic E-state index is 10.3. The first kappa shape index (κ1) is 13.1. The number of hydrogen-bond acceptors (Lipinski definition) is 5. The molecule has 0 aliphatic carbocycles. The standard InChI is InChI=1S/C11H13BrN4O2/c1-18-5-4-16-10(9(12)7-15-16)11(17)8-2-3-13-14-6-8/h2-3,6-7,11,17H,4-5H2,1H3. The Balaban J connectivity index is 2.29. The lowest BCUT2D eigenvalue weighted by atomic mass is 10.1. The first-order valence-corrected chi connectivity index (χ1v) is 6.18. The third kappa shape index (κ3) is 2.74. The number of rotatable bonds is 5. The van der Waals surface area contributed by atoms with E-state index in [9.17, 15) is 5.11 Å². The summed E-state index contributed by atoms with van der Waals surface area (Å²) in [4.78, 5) is 0. The summed E-state index contributed by atoms with van der Waals surface area (Å²) in [6, 6.07) is 1.72. The molecule has 0 spiro atoms. The number of aliphatic hydroxyl groups is 1. The Morgan fingerprint density at radius 2 is 2.28 bits per heavy atom. The number of methoxy groups -OCH3 is 1. The van der Waals surface area contributed by atoms with E-state index in [1.807, 2.05) is 0 Å². The Kier molecular flexibility index (Phi) is 4.40. The maximum absolute atomic E-state index is 10.3. The predicted molar refractivity (Wildman–Crippen MR) is 67.9 cm³/mol. The van der Waals surface area contributed by atoms with Crippen molar-refractivity contribution in [2.24, 2.45) is 0 Å². The fourth-order valence-electron chi connectivity index (χ4n) is 1.62. The van der Waals surface area contributed by atoms with Crippen LogP contribution in [0.2, 0.25) is 0 Å². The van der Waals surface area contributed by atoms with Crippen molar-refractivity contribution in [3.63, 3.8) is 0 Å². The van der Waals surface area contributed by atoms with Crippen molar-refractivity contribution < 1.29 is 9.84 Å². The largest absolute Gasteiger partial charge is 0.383 e. The van der Waals surface area contributed by atoms with Crippen molar-refractivity contribution in [1.29, 1.82) is 0 Å². The highest BCUT2D eigenvalue weighted by Gasteiger charge is 2.19. The van der Waals surface area contributed by atoms with Crippen molar-refractivity contribution in [1.82, 2.24) is 20.0 Å². The second-order valence-corrected chi connectivity index (χ2v) is 4.53. The van der Waals surface area contributed by atoms with Gasteiger partial charge in [0.2, 0.25) is 0 Å². The van der Waals surface area contributed by atoms with Crippen LogP contribution in [0.4, 0.5) is 0 Å². The van der Waals surface area contributed by atoms with Gasteiger partial charge in [0, 0.05) is 18.9 Å². The van der Waals surface area contributed by atoms with Gasteiger partial charge in [0.1, 0.15) is 6.10 Å². The molecule has 0 aromatic carbocycles. The summed E-state index contributed by atoms with van der Waals surface area (Å²) in [5, 5.41) is 22.0. The molecule has 0 saturated carbocycles. The van der Waals surface area contributed by atoms with Gasteiger partial charge in [-0.1, -0.05) is 0 Å². The van der Waals surface area contributed by atoms with E-state index in [1.54, 1.807) is 30.3 Å². The quantitative estimate of drug-likeness (QED) is 0.897. The van der Waals surface area contributed by atoms with E-state index in [2.05, 4.69) is 31.2 Å². The van der Waals surface area contributed by atoms with Crippen LogP contribution >= 0.6 is 15.9 Å². The number of nitrogens with zero attached hydrogens (tertiary/aromatic N) is 4. The molecule has 1 N–H and O–H groups in total. The molecule has 2 rings (SSSR count). The summed E-state index contributed by atoms with van der Waals surface area (Å²) in [5.41, 5.74) is 1.35. The molecule has 0 saturated heterocycles. The van der Waals surface area contributed by atoms with E-state index in [4.69, 9.17) is 4.74 Å². The van der Waals surface area contributed by atoms with Crippen LogP contribution in [0.15, 0.2) is 29.1 Å². The van der Waals surface area contributed by atoms with Gasteiger partial charge in [-0.05, 0) is 22.0 Å². The smallest absolute Gasteiger partial charge is 0.123 e. The topological polar surface area (TPSA) is 73.1 Å². The molecular formula is C11H13BrN4O2. The zero-order valence-corrected chi connectivity index (χ0v) is 11.4. The van der Waals surface area contributed by atoms with Crippen LogP contribution in [0.25, 0.3) is 0 Å². The second-order valence-electron chi connectivity index (χ2n) is 3.67. The molecule has 7 heteroatoms. The normalized spacial score (nSPS) is 12.6. The minimum Gasteiger partial charge on any atom is -0.383 e. The number of hydrogen-bond donors (Lipinski definition) is 1. The van der Waals surface area contributed by atoms with Gasteiger partial charge in [-0.25, -0.2) is 0 Å². The van der Waals surface area contributed by atoms with Crippen LogP contribution in [-0.4, -0.2) is 38.8 Å². The van der Waals surface area contributed by atoms with Crippen LogP contribution in [0.3, 0.4) is 0 Å². The molecule has 2 heterocycles. The van der Waals surface area contributed by atoms with Gasteiger partial charge in [0.15, 0.2) is 0 Å². The molecule has 96 valence electrons.